The SMILES string of the molecule is Cc1cc(C)c([Si](O)(F)c2c(C(C)(C)C)cc(C(C)(C)C)cc2C(C)(C)C)c(C)c1. The van der Waals surface area contributed by atoms with Crippen molar-refractivity contribution in [2.45, 2.75) is 99.3 Å². The minimum atomic E-state index is -4.46. The van der Waals surface area contributed by atoms with Crippen LogP contribution in [0.3, 0.4) is 0 Å². The van der Waals surface area contributed by atoms with Crippen LogP contribution in [-0.2, 0) is 16.2 Å². The highest BCUT2D eigenvalue weighted by atomic mass is 28.4. The maximum Gasteiger partial charge on any atom is 0.447 e. The van der Waals surface area contributed by atoms with E-state index in [0.29, 0.717) is 10.4 Å². The summed E-state index contributed by atoms with van der Waals surface area (Å²) in [5.41, 5.74) is 5.15. The Bertz CT molecular complexity index is 892. The summed E-state index contributed by atoms with van der Waals surface area (Å²) in [6.45, 7) is 25.1. The fourth-order valence-corrected chi connectivity index (χ4v) is 7.49. The van der Waals surface area contributed by atoms with Crippen LogP contribution in [0.1, 0.15) is 95.7 Å². The largest absolute Gasteiger partial charge is 0.447 e. The van der Waals surface area contributed by atoms with Crippen LogP contribution in [0.15, 0.2) is 24.3 Å². The predicted molar refractivity (Wildman–Crippen MR) is 132 cm³/mol. The predicted octanol–water partition coefficient (Wildman–Crippen LogP) is 6.02. The maximum absolute atomic E-state index is 16.9. The second kappa shape index (κ2) is 7.60. The fraction of sp³-hybridized carbons (Fsp3) is 0.556. The molecule has 0 aliphatic heterocycles. The van der Waals surface area contributed by atoms with Gasteiger partial charge in [0.05, 0.1) is 0 Å². The van der Waals surface area contributed by atoms with Crippen molar-refractivity contribution in [1.82, 2.24) is 0 Å². The summed E-state index contributed by atoms with van der Waals surface area (Å²) in [4.78, 5) is 11.8. The molecule has 0 saturated carbocycles. The average Bonchev–Trinajstić information content (AvgIpc) is 2.49. The van der Waals surface area contributed by atoms with Crippen molar-refractivity contribution in [3.8, 4) is 0 Å². The first-order valence-corrected chi connectivity index (χ1v) is 12.8. The van der Waals surface area contributed by atoms with Crippen molar-refractivity contribution in [3.05, 3.63) is 57.6 Å². The summed E-state index contributed by atoms with van der Waals surface area (Å²) in [5, 5.41) is 1.05. The Morgan fingerprint density at radius 2 is 1.00 bits per heavy atom. The molecule has 0 aromatic heterocycles. The van der Waals surface area contributed by atoms with E-state index in [-0.39, 0.29) is 16.2 Å². The van der Waals surface area contributed by atoms with Crippen LogP contribution in [0.4, 0.5) is 4.11 Å². The average molecular weight is 429 g/mol. The number of halogens is 1. The van der Waals surface area contributed by atoms with E-state index >= 15 is 4.11 Å². The van der Waals surface area contributed by atoms with Crippen LogP contribution >= 0.6 is 0 Å². The molecular formula is C27H41FOSi. The normalized spacial score (nSPS) is 15.3. The van der Waals surface area contributed by atoms with Crippen molar-refractivity contribution in [2.75, 3.05) is 0 Å². The Labute approximate surface area is 185 Å². The Morgan fingerprint density at radius 3 is 1.30 bits per heavy atom. The molecule has 1 atom stereocenters. The van der Waals surface area contributed by atoms with Crippen LogP contribution in [-0.4, -0.2) is 13.4 Å². The zero-order valence-electron chi connectivity index (χ0n) is 21.1. The van der Waals surface area contributed by atoms with Gasteiger partial charge in [-0.25, -0.2) is 0 Å². The molecule has 2 aromatic rings. The smallest absolute Gasteiger partial charge is 0.401 e. The molecule has 0 bridgehead atoms. The molecule has 0 heterocycles. The topological polar surface area (TPSA) is 20.2 Å². The molecule has 1 N–H and O–H groups in total. The Balaban J connectivity index is 3.07. The molecule has 3 heteroatoms. The Kier molecular flexibility index (Phi) is 6.28. The first-order chi connectivity index (χ1) is 13.3. The van der Waals surface area contributed by atoms with E-state index in [4.69, 9.17) is 0 Å². The molecule has 0 fully saturated rings. The van der Waals surface area contributed by atoms with Crippen molar-refractivity contribution in [2.24, 2.45) is 0 Å². The molecule has 0 aliphatic carbocycles. The monoisotopic (exact) mass is 428 g/mol. The van der Waals surface area contributed by atoms with Gasteiger partial charge in [0.25, 0.3) is 0 Å². The highest BCUT2D eigenvalue weighted by Crippen LogP contribution is 2.35. The van der Waals surface area contributed by atoms with Gasteiger partial charge in [-0.2, -0.15) is 0 Å². The molecule has 1 unspecified atom stereocenters. The lowest BCUT2D eigenvalue weighted by atomic mass is 9.75. The van der Waals surface area contributed by atoms with Gasteiger partial charge in [-0.15, -0.1) is 0 Å². The summed E-state index contributed by atoms with van der Waals surface area (Å²) >= 11 is 0. The fourth-order valence-electron chi connectivity index (χ4n) is 4.44. The third-order valence-electron chi connectivity index (χ3n) is 5.96. The van der Waals surface area contributed by atoms with Crippen LogP contribution in [0, 0.1) is 20.8 Å². The van der Waals surface area contributed by atoms with E-state index in [0.717, 1.165) is 27.8 Å². The lowest BCUT2D eigenvalue weighted by Gasteiger charge is -2.37. The number of hydrogen-bond donors (Lipinski definition) is 1. The second-order valence-electron chi connectivity index (χ2n) is 12.1. The lowest BCUT2D eigenvalue weighted by molar-refractivity contribution is 0.481. The molecule has 1 nitrogen and oxygen atoms in total. The Hall–Kier alpha value is -1.45. The van der Waals surface area contributed by atoms with Gasteiger partial charge in [-0.3, -0.25) is 4.11 Å². The van der Waals surface area contributed by atoms with Gasteiger partial charge >= 0.3 is 8.65 Å². The third-order valence-corrected chi connectivity index (χ3v) is 8.61. The second-order valence-corrected chi connectivity index (χ2v) is 14.3. The molecule has 2 aromatic carbocycles. The number of rotatable bonds is 2. The van der Waals surface area contributed by atoms with Gasteiger partial charge in [0, 0.05) is 10.4 Å². The molecule has 0 radical (unpaired) electrons. The molecule has 0 spiro atoms. The molecule has 0 saturated heterocycles. The summed E-state index contributed by atoms with van der Waals surface area (Å²) < 4.78 is 16.9. The third kappa shape index (κ3) is 4.73. The van der Waals surface area contributed by atoms with E-state index in [2.05, 4.69) is 74.4 Å². The van der Waals surface area contributed by atoms with Gasteiger partial charge in [0.15, 0.2) is 0 Å². The molecular weight excluding hydrogens is 387 g/mol. The molecule has 0 amide bonds. The van der Waals surface area contributed by atoms with Gasteiger partial charge in [0.2, 0.25) is 0 Å². The molecule has 0 aliphatic rings. The minimum absolute atomic E-state index is 0.0653. The quantitative estimate of drug-likeness (QED) is 0.458. The van der Waals surface area contributed by atoms with E-state index in [1.165, 1.54) is 5.56 Å². The first-order valence-electron chi connectivity index (χ1n) is 11.0. The zero-order valence-corrected chi connectivity index (χ0v) is 22.1. The standard InChI is InChI=1S/C27H41FOSi/c1-17-13-18(2)23(19(3)14-17)30(28,29)24-21(26(7,8)9)15-20(25(4,5)6)16-22(24)27(10,11)12/h13-16,29H,1-12H3. The summed E-state index contributed by atoms with van der Waals surface area (Å²) in [6, 6.07) is 8.25. The van der Waals surface area contributed by atoms with Crippen molar-refractivity contribution < 1.29 is 8.90 Å². The van der Waals surface area contributed by atoms with Crippen molar-refractivity contribution in [1.29, 1.82) is 0 Å². The van der Waals surface area contributed by atoms with Gasteiger partial charge in [-0.1, -0.05) is 92.1 Å². The number of benzene rings is 2. The van der Waals surface area contributed by atoms with Gasteiger partial charge in [-0.05, 0) is 64.8 Å². The van der Waals surface area contributed by atoms with E-state index in [9.17, 15) is 4.80 Å². The van der Waals surface area contributed by atoms with Gasteiger partial charge < -0.3 is 4.80 Å². The van der Waals surface area contributed by atoms with Crippen LogP contribution in [0.2, 0.25) is 0 Å². The minimum Gasteiger partial charge on any atom is -0.401 e. The molecule has 30 heavy (non-hydrogen) atoms. The molecule has 166 valence electrons. The summed E-state index contributed by atoms with van der Waals surface area (Å²) in [5.74, 6) is 0. The first kappa shape index (κ1) is 24.8. The van der Waals surface area contributed by atoms with Crippen molar-refractivity contribution in [3.63, 3.8) is 0 Å². The van der Waals surface area contributed by atoms with Crippen LogP contribution < -0.4 is 10.4 Å². The highest BCUT2D eigenvalue weighted by Gasteiger charge is 2.47. The van der Waals surface area contributed by atoms with Crippen molar-refractivity contribution >= 4 is 19.0 Å². The maximum atomic E-state index is 16.9. The Morgan fingerprint density at radius 1 is 0.633 bits per heavy atom. The highest BCUT2D eigenvalue weighted by molar-refractivity contribution is 6.92. The zero-order chi connectivity index (χ0) is 23.4. The van der Waals surface area contributed by atoms with E-state index in [1.807, 2.05) is 32.9 Å². The van der Waals surface area contributed by atoms with Crippen LogP contribution in [0.25, 0.3) is 0 Å². The lowest BCUT2D eigenvalue weighted by Crippen LogP contribution is -2.61. The molecule has 2 rings (SSSR count). The number of aryl methyl sites for hydroxylation is 3. The number of hydrogen-bond acceptors (Lipinski definition) is 1. The summed E-state index contributed by atoms with van der Waals surface area (Å²) in [6.07, 6.45) is 0. The summed E-state index contributed by atoms with van der Waals surface area (Å²) in [7, 11) is -4.46. The van der Waals surface area contributed by atoms with E-state index < -0.39 is 8.65 Å². The van der Waals surface area contributed by atoms with E-state index in [1.54, 1.807) is 0 Å². The van der Waals surface area contributed by atoms with Gasteiger partial charge in [0.1, 0.15) is 0 Å². The van der Waals surface area contributed by atoms with Crippen LogP contribution in [0.5, 0.6) is 0 Å².